The summed E-state index contributed by atoms with van der Waals surface area (Å²) in [5.74, 6) is 5.13. The highest BCUT2D eigenvalue weighted by Gasteiger charge is 2.59. The van der Waals surface area contributed by atoms with Gasteiger partial charge in [0.2, 0.25) is 23.6 Å². The highest BCUT2D eigenvalue weighted by molar-refractivity contribution is 6.19. The number of amidine groups is 4. The summed E-state index contributed by atoms with van der Waals surface area (Å²) in [5.41, 5.74) is 23.5. The number of amides is 4. The molecule has 0 saturated carbocycles. The van der Waals surface area contributed by atoms with E-state index in [2.05, 4.69) is 274 Å². The number of hydrogen-bond donors (Lipinski definition) is 8. The molecule has 12 aromatic rings. The van der Waals surface area contributed by atoms with Crippen molar-refractivity contribution in [3.63, 3.8) is 0 Å². The first-order valence-electron chi connectivity index (χ1n) is 41.0. The number of aromatic amines is 4. The van der Waals surface area contributed by atoms with Crippen molar-refractivity contribution in [2.45, 2.75) is 127 Å². The van der Waals surface area contributed by atoms with Crippen LogP contribution in [0.15, 0.2) is 259 Å². The molecule has 8 aliphatic rings. The molecule has 4 fully saturated rings. The van der Waals surface area contributed by atoms with Crippen LogP contribution in [0.2, 0.25) is 0 Å². The number of aliphatic imine (C=N–C) groups is 8. The van der Waals surface area contributed by atoms with Gasteiger partial charge in [-0.05, 0) is 116 Å². The van der Waals surface area contributed by atoms with Crippen molar-refractivity contribution < 1.29 is 19.2 Å². The lowest BCUT2D eigenvalue weighted by Crippen LogP contribution is -2.39. The Morgan fingerprint density at radius 2 is 0.504 bits per heavy atom. The van der Waals surface area contributed by atoms with Crippen LogP contribution in [0.25, 0.3) is 0 Å². The molecule has 20 rings (SSSR count). The number of rotatable bonds is 19. The first-order chi connectivity index (χ1) is 60.0. The molecule has 28 heteroatoms. The molecular weight excluding hydrogens is 1540 g/mol. The molecule has 4 unspecified atom stereocenters. The third-order valence-electron chi connectivity index (χ3n) is 24.1. The third-order valence-corrected chi connectivity index (χ3v) is 24.1. The fourth-order valence-electron chi connectivity index (χ4n) is 17.8. The Balaban J connectivity index is 0.000000116. The molecule has 28 nitrogen and oxygen atoms in total. The minimum atomic E-state index is -0.767. The van der Waals surface area contributed by atoms with Gasteiger partial charge in [0.05, 0.1) is 74.3 Å². The highest BCUT2D eigenvalue weighted by Crippen LogP contribution is 2.52. The second-order valence-electron chi connectivity index (χ2n) is 32.0. The van der Waals surface area contributed by atoms with Crippen molar-refractivity contribution in [1.29, 1.82) is 0 Å². The van der Waals surface area contributed by atoms with Gasteiger partial charge in [-0.15, -0.1) is 0 Å². The summed E-state index contributed by atoms with van der Waals surface area (Å²) in [6.07, 6.45) is 13.6. The fourth-order valence-corrected chi connectivity index (χ4v) is 17.8. The van der Waals surface area contributed by atoms with Gasteiger partial charge in [-0.2, -0.15) is 0 Å². The van der Waals surface area contributed by atoms with Crippen molar-refractivity contribution in [2.24, 2.45) is 45.7 Å². The zero-order valence-corrected chi connectivity index (χ0v) is 69.4. The molecule has 123 heavy (non-hydrogen) atoms. The Morgan fingerprint density at radius 1 is 0.301 bits per heavy atom. The summed E-state index contributed by atoms with van der Waals surface area (Å²) in [5, 5.41) is 9.52. The molecule has 4 amide bonds. The predicted octanol–water partition coefficient (Wildman–Crippen LogP) is 12.7. The number of fused-ring (bicyclic) bond motifs is 12. The molecular formula is C95H94N24O4. The lowest BCUT2D eigenvalue weighted by Gasteiger charge is -2.29. The number of imidazole rings is 4. The number of H-pyrrole nitrogens is 4. The molecule has 0 bridgehead atoms. The van der Waals surface area contributed by atoms with Gasteiger partial charge < -0.3 is 41.6 Å². The molecule has 4 aromatic heterocycles. The predicted molar refractivity (Wildman–Crippen MR) is 477 cm³/mol. The Morgan fingerprint density at radius 3 is 0.707 bits per heavy atom. The van der Waals surface area contributed by atoms with E-state index in [1.54, 1.807) is 44.9 Å². The van der Waals surface area contributed by atoms with Crippen LogP contribution in [0.5, 0.6) is 0 Å². The second kappa shape index (κ2) is 34.4. The van der Waals surface area contributed by atoms with Crippen LogP contribution in [0.4, 0.5) is 23.3 Å². The Kier molecular flexibility index (Phi) is 22.7. The number of carbonyl (C=O) groups excluding carboxylic acids is 4. The lowest BCUT2D eigenvalue weighted by molar-refractivity contribution is -0.127. The van der Waals surface area contributed by atoms with Crippen LogP contribution in [0, 0.1) is 27.7 Å². The van der Waals surface area contributed by atoms with Gasteiger partial charge in [0.1, 0.15) is 70.4 Å². The molecule has 8 aliphatic heterocycles. The maximum Gasteiger partial charge on any atom is 0.230 e. The second-order valence-corrected chi connectivity index (χ2v) is 32.0. The monoisotopic (exact) mass is 1630 g/mol. The fraction of sp³-hybridized carbons (Fsp3) is 0.242. The Hall–Kier alpha value is -14.3. The maximum absolute atomic E-state index is 13.4. The number of nitrogens with two attached hydrogens (primary N) is 1. The largest absolute Gasteiger partial charge is 0.345 e. The summed E-state index contributed by atoms with van der Waals surface area (Å²) < 4.78 is 0. The quantitative estimate of drug-likeness (QED) is 0.0374. The normalized spacial score (nSPS) is 19.8. The molecule has 4 saturated heterocycles. The Bertz CT molecular complexity index is 5750. The van der Waals surface area contributed by atoms with Gasteiger partial charge in [0, 0.05) is 51.9 Å². The average Bonchev–Trinajstić information content (AvgIpc) is 1.58. The first-order valence-corrected chi connectivity index (χ1v) is 41.0. The topological polar surface area (TPSA) is 357 Å². The van der Waals surface area contributed by atoms with E-state index >= 15 is 0 Å². The van der Waals surface area contributed by atoms with Crippen LogP contribution >= 0.6 is 0 Å². The maximum atomic E-state index is 13.4. The van der Waals surface area contributed by atoms with E-state index in [1.165, 1.54) is 64.3 Å². The SMILES string of the molecule is CNCc1ccc(C23CC(=O)N(Cc4ccc(C)cc4)C2=NC=Nc2nc[nH]c23)cc1.CNCc1ccc(C23CC(=O)N(Cc4ccc(C)cc4)C2=NC=Nc2nc[nH]c23)cc1.CNCc1ccc(C23CC(=O)N(Cc4ccc(C)cc4)C2=NC=Nc2nc[nH]c23)cc1.Cc1ccc(CN2C(=O)CC3(c4ccc(CN)cc4)C2=NC=Nc2nc[nH]c23)cc1. The summed E-state index contributed by atoms with van der Waals surface area (Å²) in [7, 11) is 5.78. The Labute approximate surface area is 711 Å². The van der Waals surface area contributed by atoms with E-state index in [9.17, 15) is 19.2 Å². The van der Waals surface area contributed by atoms with Crippen LogP contribution in [-0.2, 0) is 93.2 Å². The molecule has 8 aromatic carbocycles. The smallest absolute Gasteiger partial charge is 0.230 e. The number of benzene rings is 8. The summed E-state index contributed by atoms with van der Waals surface area (Å²) in [6.45, 7) is 12.9. The highest BCUT2D eigenvalue weighted by atomic mass is 16.2. The third kappa shape index (κ3) is 15.3. The molecule has 0 spiro atoms. The van der Waals surface area contributed by atoms with Crippen LogP contribution < -0.4 is 21.7 Å². The number of carbonyl (C=O) groups is 4. The van der Waals surface area contributed by atoms with E-state index in [0.29, 0.717) is 79.3 Å². The van der Waals surface area contributed by atoms with E-state index in [1.807, 2.05) is 64.5 Å². The van der Waals surface area contributed by atoms with Crippen molar-refractivity contribution in [2.75, 3.05) is 21.1 Å². The van der Waals surface area contributed by atoms with Gasteiger partial charge in [-0.3, -0.25) is 38.8 Å². The average molecular weight is 1640 g/mol. The summed E-state index contributed by atoms with van der Waals surface area (Å²) >= 11 is 0. The number of hydrogen-bond acceptors (Lipinski definition) is 20. The van der Waals surface area contributed by atoms with Gasteiger partial charge in [-0.25, -0.2) is 59.9 Å². The van der Waals surface area contributed by atoms with Crippen molar-refractivity contribution >= 4 is 95.6 Å². The van der Waals surface area contributed by atoms with Gasteiger partial charge in [0.25, 0.3) is 0 Å². The van der Waals surface area contributed by atoms with Crippen molar-refractivity contribution in [3.8, 4) is 0 Å². The summed E-state index contributed by atoms with van der Waals surface area (Å²) in [6, 6.07) is 66.0. The van der Waals surface area contributed by atoms with E-state index in [0.717, 1.165) is 92.5 Å². The van der Waals surface area contributed by atoms with Crippen molar-refractivity contribution in [3.05, 3.63) is 331 Å². The minimum Gasteiger partial charge on any atom is -0.345 e. The number of aromatic nitrogens is 8. The van der Waals surface area contributed by atoms with Gasteiger partial charge >= 0.3 is 0 Å². The van der Waals surface area contributed by atoms with Gasteiger partial charge in [-0.1, -0.05) is 216 Å². The number of nitrogens with zero attached hydrogens (tertiary/aromatic N) is 16. The number of aryl methyl sites for hydroxylation is 4. The van der Waals surface area contributed by atoms with Crippen LogP contribution in [0.3, 0.4) is 0 Å². The van der Waals surface area contributed by atoms with E-state index < -0.39 is 21.7 Å². The molecule has 0 aliphatic carbocycles. The van der Waals surface area contributed by atoms with Crippen LogP contribution in [-0.4, -0.2) is 153 Å². The summed E-state index contributed by atoms with van der Waals surface area (Å²) in [4.78, 5) is 127. The number of nitrogens with one attached hydrogen (secondary N) is 7. The molecule has 0 radical (unpaired) electrons. The number of likely N-dealkylation sites (tertiary alicyclic amines) is 4. The zero-order chi connectivity index (χ0) is 85.0. The van der Waals surface area contributed by atoms with E-state index in [-0.39, 0.29) is 49.3 Å². The lowest BCUT2D eigenvalue weighted by atomic mass is 9.75. The van der Waals surface area contributed by atoms with Crippen LogP contribution in [0.1, 0.15) is 137 Å². The molecule has 618 valence electrons. The van der Waals surface area contributed by atoms with E-state index in [4.69, 9.17) is 5.73 Å². The molecule has 4 atom stereocenters. The molecule has 9 N–H and O–H groups in total. The van der Waals surface area contributed by atoms with Crippen molar-refractivity contribution in [1.82, 2.24) is 75.4 Å². The minimum absolute atomic E-state index is 0.0214. The standard InChI is InChI=1S/3C24H24N6O.C23H22N6O/c3*1-16-3-5-18(6-4-16)13-30-20(31)11-24(19-9-7-17(8-10-19)12-25-2)21-22(27-14-26-21)28-15-29-23(24)30;1-15-2-4-17(5-3-15)12-29-19(30)10-23(18-8-6-16(11-24)7-9-18)20-21(26-13-25-20)27-14-28-22(23)29/h3*3-10,14-15,25H,11-13H2,1-2H3,(H,26,27);2-9,13-14H,10-12,24H2,1H3,(H,25,26). The zero-order valence-electron chi connectivity index (χ0n) is 69.4. The first kappa shape index (κ1) is 81.1. The van der Waals surface area contributed by atoms with Gasteiger partial charge in [0.15, 0.2) is 23.3 Å². The molecule has 12 heterocycles.